The van der Waals surface area contributed by atoms with Gasteiger partial charge in [-0.25, -0.2) is 0 Å². The maximum absolute atomic E-state index is 10.2. The smallest absolute Gasteiger partial charge is 0.157 e. The zero-order valence-electron chi connectivity index (χ0n) is 6.97. The number of phenols is 2. The molecule has 1 aromatic carbocycles. The summed E-state index contributed by atoms with van der Waals surface area (Å²) in [5.74, 6) is -0.376. The predicted molar refractivity (Wildman–Crippen MR) is 47.5 cm³/mol. The van der Waals surface area contributed by atoms with E-state index in [0.717, 1.165) is 5.56 Å². The topological polar surface area (TPSA) is 83.6 Å². The summed E-state index contributed by atoms with van der Waals surface area (Å²) in [5, 5.41) is 18.1. The molecule has 4 nitrogen and oxygen atoms in total. The van der Waals surface area contributed by atoms with Gasteiger partial charge in [-0.15, -0.1) is 0 Å². The number of aldehydes is 1. The van der Waals surface area contributed by atoms with Gasteiger partial charge in [0.05, 0.1) is 6.04 Å². The number of hydrogen-bond acceptors (Lipinski definition) is 4. The van der Waals surface area contributed by atoms with Crippen LogP contribution in [0.15, 0.2) is 18.2 Å². The van der Waals surface area contributed by atoms with Crippen molar-refractivity contribution in [2.45, 2.75) is 12.5 Å². The average molecular weight is 181 g/mol. The highest BCUT2D eigenvalue weighted by atomic mass is 16.3. The minimum absolute atomic E-state index is 0.177. The molecule has 0 saturated carbocycles. The number of aromatic hydroxyl groups is 2. The minimum Gasteiger partial charge on any atom is -0.504 e. The van der Waals surface area contributed by atoms with Crippen LogP contribution in [-0.4, -0.2) is 22.5 Å². The van der Waals surface area contributed by atoms with E-state index in [1.54, 1.807) is 6.07 Å². The molecule has 0 aliphatic carbocycles. The van der Waals surface area contributed by atoms with Crippen LogP contribution in [-0.2, 0) is 11.2 Å². The van der Waals surface area contributed by atoms with E-state index in [9.17, 15) is 4.79 Å². The van der Waals surface area contributed by atoms with Crippen LogP contribution in [0.4, 0.5) is 0 Å². The van der Waals surface area contributed by atoms with Gasteiger partial charge in [0.1, 0.15) is 6.29 Å². The van der Waals surface area contributed by atoms with Crippen molar-refractivity contribution in [1.29, 1.82) is 0 Å². The van der Waals surface area contributed by atoms with Gasteiger partial charge in [-0.3, -0.25) is 0 Å². The Labute approximate surface area is 75.6 Å². The summed E-state index contributed by atoms with van der Waals surface area (Å²) in [6.45, 7) is 0. The van der Waals surface area contributed by atoms with Crippen LogP contribution in [0.5, 0.6) is 11.5 Å². The highest BCUT2D eigenvalue weighted by Gasteiger charge is 2.04. The molecule has 0 aliphatic heterocycles. The molecule has 1 atom stereocenters. The third-order valence-electron chi connectivity index (χ3n) is 1.69. The summed E-state index contributed by atoms with van der Waals surface area (Å²) in [7, 11) is 0. The summed E-state index contributed by atoms with van der Waals surface area (Å²) in [6.07, 6.45) is 1.00. The molecule has 4 heteroatoms. The first-order valence-corrected chi connectivity index (χ1v) is 3.85. The van der Waals surface area contributed by atoms with Crippen molar-refractivity contribution in [2.24, 2.45) is 5.73 Å². The third-order valence-corrected chi connectivity index (χ3v) is 1.69. The summed E-state index contributed by atoms with van der Waals surface area (Å²) < 4.78 is 0. The number of carbonyl (C=O) groups is 1. The number of carbonyl (C=O) groups excluding carboxylic acids is 1. The van der Waals surface area contributed by atoms with E-state index in [4.69, 9.17) is 15.9 Å². The van der Waals surface area contributed by atoms with Gasteiger partial charge in [-0.2, -0.15) is 0 Å². The highest BCUT2D eigenvalue weighted by Crippen LogP contribution is 2.25. The van der Waals surface area contributed by atoms with Crippen molar-refractivity contribution >= 4 is 6.29 Å². The minimum atomic E-state index is -0.566. The fourth-order valence-corrected chi connectivity index (χ4v) is 1.02. The molecule has 0 fully saturated rings. The lowest BCUT2D eigenvalue weighted by Gasteiger charge is -2.05. The van der Waals surface area contributed by atoms with Gasteiger partial charge < -0.3 is 20.7 Å². The first kappa shape index (κ1) is 9.54. The molecule has 0 bridgehead atoms. The summed E-state index contributed by atoms with van der Waals surface area (Å²) >= 11 is 0. The van der Waals surface area contributed by atoms with Crippen molar-refractivity contribution < 1.29 is 15.0 Å². The zero-order chi connectivity index (χ0) is 9.84. The first-order chi connectivity index (χ1) is 6.13. The molecular formula is C9H11NO3. The van der Waals surface area contributed by atoms with Gasteiger partial charge in [-0.1, -0.05) is 6.07 Å². The molecule has 0 aliphatic rings. The van der Waals surface area contributed by atoms with Crippen LogP contribution in [0.1, 0.15) is 5.56 Å². The van der Waals surface area contributed by atoms with Crippen LogP contribution in [0, 0.1) is 0 Å². The SMILES string of the molecule is N[C@@H](C=O)Cc1ccc(O)c(O)c1. The predicted octanol–water partition coefficient (Wildman–Crippen LogP) is 0.166. The summed E-state index contributed by atoms with van der Waals surface area (Å²) in [6, 6.07) is 3.79. The molecule has 0 radical (unpaired) electrons. The Kier molecular flexibility index (Phi) is 2.87. The maximum atomic E-state index is 10.2. The zero-order valence-corrected chi connectivity index (χ0v) is 6.97. The van der Waals surface area contributed by atoms with Crippen LogP contribution >= 0.6 is 0 Å². The van der Waals surface area contributed by atoms with Crippen LogP contribution in [0.2, 0.25) is 0 Å². The molecule has 0 aromatic heterocycles. The Morgan fingerprint density at radius 3 is 2.62 bits per heavy atom. The van der Waals surface area contributed by atoms with Gasteiger partial charge >= 0.3 is 0 Å². The van der Waals surface area contributed by atoms with Gasteiger partial charge in [0.25, 0.3) is 0 Å². The van der Waals surface area contributed by atoms with Crippen LogP contribution in [0.3, 0.4) is 0 Å². The van der Waals surface area contributed by atoms with E-state index >= 15 is 0 Å². The van der Waals surface area contributed by atoms with Crippen LogP contribution < -0.4 is 5.73 Å². The lowest BCUT2D eigenvalue weighted by Crippen LogP contribution is -2.23. The number of nitrogens with two attached hydrogens (primary N) is 1. The molecule has 0 amide bonds. The van der Waals surface area contributed by atoms with Gasteiger partial charge in [0.15, 0.2) is 11.5 Å². The first-order valence-electron chi connectivity index (χ1n) is 3.85. The van der Waals surface area contributed by atoms with Crippen LogP contribution in [0.25, 0.3) is 0 Å². The molecule has 4 N–H and O–H groups in total. The van der Waals surface area contributed by atoms with Crippen molar-refractivity contribution in [3.63, 3.8) is 0 Å². The molecule has 13 heavy (non-hydrogen) atoms. The Morgan fingerprint density at radius 1 is 1.38 bits per heavy atom. The number of benzene rings is 1. The Balaban J connectivity index is 2.79. The van der Waals surface area contributed by atoms with Gasteiger partial charge in [0.2, 0.25) is 0 Å². The van der Waals surface area contributed by atoms with Crippen molar-refractivity contribution in [2.75, 3.05) is 0 Å². The molecule has 0 heterocycles. The van der Waals surface area contributed by atoms with E-state index in [1.807, 2.05) is 0 Å². The lowest BCUT2D eigenvalue weighted by molar-refractivity contribution is -0.108. The lowest BCUT2D eigenvalue weighted by atomic mass is 10.1. The average Bonchev–Trinajstić information content (AvgIpc) is 2.11. The van der Waals surface area contributed by atoms with Crippen molar-refractivity contribution in [3.8, 4) is 11.5 Å². The molecule has 0 spiro atoms. The maximum Gasteiger partial charge on any atom is 0.157 e. The third kappa shape index (κ3) is 2.45. The van der Waals surface area contributed by atoms with Gasteiger partial charge in [0, 0.05) is 0 Å². The molecule has 70 valence electrons. The molecule has 1 aromatic rings. The van der Waals surface area contributed by atoms with E-state index < -0.39 is 6.04 Å². The number of rotatable bonds is 3. The largest absolute Gasteiger partial charge is 0.504 e. The number of hydrogen-bond donors (Lipinski definition) is 3. The second kappa shape index (κ2) is 3.91. The fourth-order valence-electron chi connectivity index (χ4n) is 1.02. The van der Waals surface area contributed by atoms with E-state index in [2.05, 4.69) is 0 Å². The fraction of sp³-hybridized carbons (Fsp3) is 0.222. The Hall–Kier alpha value is -1.55. The highest BCUT2D eigenvalue weighted by molar-refractivity contribution is 5.58. The molecule has 1 rings (SSSR count). The molecule has 0 unspecified atom stereocenters. The van der Waals surface area contributed by atoms with Crippen molar-refractivity contribution in [1.82, 2.24) is 0 Å². The summed E-state index contributed by atoms with van der Waals surface area (Å²) in [4.78, 5) is 10.2. The van der Waals surface area contributed by atoms with Crippen molar-refractivity contribution in [3.05, 3.63) is 23.8 Å². The normalized spacial score (nSPS) is 12.4. The quantitative estimate of drug-likeness (QED) is 0.458. The van der Waals surface area contributed by atoms with Gasteiger partial charge in [-0.05, 0) is 24.1 Å². The number of phenolic OH excluding ortho intramolecular Hbond substituents is 2. The molecular weight excluding hydrogens is 170 g/mol. The van der Waals surface area contributed by atoms with E-state index in [1.165, 1.54) is 12.1 Å². The second-order valence-electron chi connectivity index (χ2n) is 2.83. The second-order valence-corrected chi connectivity index (χ2v) is 2.83. The monoisotopic (exact) mass is 181 g/mol. The van der Waals surface area contributed by atoms with E-state index in [-0.39, 0.29) is 11.5 Å². The standard InChI is InChI=1S/C9H11NO3/c10-7(5-11)3-6-1-2-8(12)9(13)4-6/h1-2,4-5,7,12-13H,3,10H2/t7-/m1/s1. The molecule has 0 saturated heterocycles. The Morgan fingerprint density at radius 2 is 2.08 bits per heavy atom. The Bertz CT molecular complexity index is 312. The van der Waals surface area contributed by atoms with E-state index in [0.29, 0.717) is 12.7 Å². The summed E-state index contributed by atoms with van der Waals surface area (Å²) in [5.41, 5.74) is 6.10.